The van der Waals surface area contributed by atoms with E-state index in [9.17, 15) is 13.7 Å². The number of hydrogen-bond donors (Lipinski definition) is 0. The summed E-state index contributed by atoms with van der Waals surface area (Å²) in [7, 11) is -5.03. The summed E-state index contributed by atoms with van der Waals surface area (Å²) in [5.41, 5.74) is 7.56. The highest BCUT2D eigenvalue weighted by atomic mass is 32.2. The Balaban J connectivity index is 1.53. The smallest absolute Gasteiger partial charge is 0.268 e. The third-order valence-corrected chi connectivity index (χ3v) is 11.6. The maximum absolute atomic E-state index is 13.8. The first-order chi connectivity index (χ1) is 19.9. The quantitative estimate of drug-likeness (QED) is 0.140. The van der Waals surface area contributed by atoms with Crippen LogP contribution in [0.2, 0.25) is 25.7 Å². The molecule has 0 fully saturated rings. The van der Waals surface area contributed by atoms with Crippen LogP contribution in [0.3, 0.4) is 0 Å². The van der Waals surface area contributed by atoms with Crippen molar-refractivity contribution in [1.82, 2.24) is 8.87 Å². The molecule has 6 nitrogen and oxygen atoms in total. The summed E-state index contributed by atoms with van der Waals surface area (Å²) in [4.78, 5) is 2.64. The number of hydrogen-bond acceptors (Lipinski definition) is 5. The zero-order chi connectivity index (χ0) is 30.2. The number of benzene rings is 3. The van der Waals surface area contributed by atoms with Crippen molar-refractivity contribution in [2.45, 2.75) is 63.6 Å². The normalized spacial score (nSPS) is 15.6. The van der Waals surface area contributed by atoms with Crippen molar-refractivity contribution in [3.05, 3.63) is 106 Å². The molecule has 0 N–H and O–H groups in total. The van der Waals surface area contributed by atoms with Crippen LogP contribution in [-0.2, 0) is 27.8 Å². The van der Waals surface area contributed by atoms with E-state index in [2.05, 4.69) is 50.2 Å². The van der Waals surface area contributed by atoms with E-state index in [-0.39, 0.29) is 10.9 Å². The Labute approximate surface area is 250 Å². The molecule has 0 aliphatic carbocycles. The zero-order valence-electron chi connectivity index (χ0n) is 25.1. The van der Waals surface area contributed by atoms with Gasteiger partial charge in [-0.05, 0) is 84.1 Å². The van der Waals surface area contributed by atoms with E-state index in [1.165, 1.54) is 9.54 Å². The summed E-state index contributed by atoms with van der Waals surface area (Å²) in [6.07, 6.45) is 3.38. The van der Waals surface area contributed by atoms with Gasteiger partial charge >= 0.3 is 0 Å². The third-order valence-electron chi connectivity index (χ3n) is 8.17. The highest BCUT2D eigenvalue weighted by molar-refractivity contribution is 7.90. The summed E-state index contributed by atoms with van der Waals surface area (Å²) in [6, 6.07) is 20.2. The molecule has 8 heteroatoms. The number of ether oxygens (including phenoxy) is 1. The Morgan fingerprint density at radius 2 is 1.83 bits per heavy atom. The predicted molar refractivity (Wildman–Crippen MR) is 173 cm³/mol. The summed E-state index contributed by atoms with van der Waals surface area (Å²) in [5, 5.41) is 10.4. The summed E-state index contributed by atoms with van der Waals surface area (Å²) in [6.45, 7) is 17.7. The second kappa shape index (κ2) is 11.7. The molecule has 218 valence electrons. The number of aryl methyl sites for hydroxylation is 2. The fourth-order valence-electron chi connectivity index (χ4n) is 5.73. The molecule has 0 spiro atoms. The van der Waals surface area contributed by atoms with Crippen LogP contribution in [0.4, 0.5) is 0 Å². The van der Waals surface area contributed by atoms with E-state index in [0.717, 1.165) is 45.9 Å². The molecule has 1 atom stereocenters. The molecule has 0 saturated carbocycles. The molecule has 3 aromatic carbocycles. The summed E-state index contributed by atoms with van der Waals surface area (Å²) < 4.78 is 35.2. The Morgan fingerprint density at radius 3 is 2.50 bits per heavy atom. The van der Waals surface area contributed by atoms with Crippen LogP contribution in [0.15, 0.2) is 72.3 Å². The van der Waals surface area contributed by atoms with Crippen molar-refractivity contribution in [3.8, 4) is 6.07 Å². The van der Waals surface area contributed by atoms with Crippen LogP contribution >= 0.6 is 0 Å². The molecule has 1 aliphatic heterocycles. The molecule has 1 aliphatic rings. The number of fused-ring (bicyclic) bond motifs is 2. The minimum absolute atomic E-state index is 0.0429. The minimum Gasteiger partial charge on any atom is -0.380 e. The van der Waals surface area contributed by atoms with Gasteiger partial charge in [-0.25, -0.2) is 12.4 Å². The van der Waals surface area contributed by atoms with Gasteiger partial charge in [-0.3, -0.25) is 4.90 Å². The molecular weight excluding hydrogens is 559 g/mol. The molecular formula is C34H39N3O3SSi. The highest BCUT2D eigenvalue weighted by Gasteiger charge is 2.32. The fourth-order valence-corrected chi connectivity index (χ4v) is 7.86. The molecule has 1 unspecified atom stereocenters. The standard InChI is InChI=1S/C34H39N3O3SSi/c1-7-27-18-25(3)32(31-14-15-37(34(27)31)41(38,39)29-11-8-24(2)9-12-29)22-36-21-28-19-26(20-35)10-13-30(28)33(36)23-40-16-17-42(4,5)6/h7-15,18-19,33H,1,16-17,21-23H2,2-6H3. The van der Waals surface area contributed by atoms with Gasteiger partial charge in [0.25, 0.3) is 10.0 Å². The zero-order valence-corrected chi connectivity index (χ0v) is 27.0. The molecule has 1 aromatic heterocycles. The van der Waals surface area contributed by atoms with E-state index in [1.54, 1.807) is 24.4 Å². The SMILES string of the molecule is C=Cc1cc(C)c(CN2Cc3cc(C#N)ccc3C2COCC[Si](C)(C)C)c2ccn(S(=O)(=O)c3ccc(C)cc3)c12. The van der Waals surface area contributed by atoms with Gasteiger partial charge in [0, 0.05) is 39.4 Å². The molecule has 0 amide bonds. The van der Waals surface area contributed by atoms with E-state index in [1.807, 2.05) is 43.3 Å². The van der Waals surface area contributed by atoms with Crippen molar-refractivity contribution in [3.63, 3.8) is 0 Å². The lowest BCUT2D eigenvalue weighted by Crippen LogP contribution is -2.27. The van der Waals surface area contributed by atoms with E-state index < -0.39 is 18.1 Å². The van der Waals surface area contributed by atoms with E-state index >= 15 is 0 Å². The maximum Gasteiger partial charge on any atom is 0.268 e. The Kier molecular flexibility index (Phi) is 8.32. The Hall–Kier alpha value is -3.48. The van der Waals surface area contributed by atoms with Crippen LogP contribution in [0.1, 0.15) is 45.0 Å². The van der Waals surface area contributed by atoms with Gasteiger partial charge < -0.3 is 4.74 Å². The van der Waals surface area contributed by atoms with E-state index in [4.69, 9.17) is 4.74 Å². The molecule has 4 aromatic rings. The maximum atomic E-state index is 13.8. The molecule has 2 heterocycles. The van der Waals surface area contributed by atoms with Crippen LogP contribution in [-0.4, -0.2) is 38.6 Å². The lowest BCUT2D eigenvalue weighted by Gasteiger charge is -2.27. The highest BCUT2D eigenvalue weighted by Crippen LogP contribution is 2.38. The number of nitrogens with zero attached hydrogens (tertiary/aromatic N) is 3. The number of aromatic nitrogens is 1. The fraction of sp³-hybridized carbons (Fsp3) is 0.324. The first-order valence-electron chi connectivity index (χ1n) is 14.4. The molecule has 5 rings (SSSR count). The average Bonchev–Trinajstić information content (AvgIpc) is 3.54. The van der Waals surface area contributed by atoms with Crippen LogP contribution < -0.4 is 0 Å². The molecule has 0 saturated heterocycles. The van der Waals surface area contributed by atoms with E-state index in [0.29, 0.717) is 30.8 Å². The Morgan fingerprint density at radius 1 is 1.10 bits per heavy atom. The minimum atomic E-state index is -3.81. The third kappa shape index (κ3) is 5.88. The van der Waals surface area contributed by atoms with Crippen molar-refractivity contribution < 1.29 is 13.2 Å². The van der Waals surface area contributed by atoms with Gasteiger partial charge in [-0.1, -0.05) is 56.1 Å². The van der Waals surface area contributed by atoms with Gasteiger partial charge in [0.15, 0.2) is 0 Å². The second-order valence-corrected chi connectivity index (χ2v) is 19.9. The first kappa shape index (κ1) is 30.0. The van der Waals surface area contributed by atoms with Crippen molar-refractivity contribution in [2.24, 2.45) is 0 Å². The lowest BCUT2D eigenvalue weighted by atomic mass is 9.99. The summed E-state index contributed by atoms with van der Waals surface area (Å²) >= 11 is 0. The summed E-state index contributed by atoms with van der Waals surface area (Å²) in [5.74, 6) is 0. The van der Waals surface area contributed by atoms with Crippen molar-refractivity contribution >= 4 is 35.1 Å². The average molecular weight is 598 g/mol. The number of nitriles is 1. The lowest BCUT2D eigenvalue weighted by molar-refractivity contribution is 0.0682. The van der Waals surface area contributed by atoms with Gasteiger partial charge in [0.2, 0.25) is 0 Å². The van der Waals surface area contributed by atoms with Gasteiger partial charge in [-0.15, -0.1) is 0 Å². The van der Waals surface area contributed by atoms with Gasteiger partial charge in [0.1, 0.15) is 0 Å². The topological polar surface area (TPSA) is 75.3 Å². The molecule has 42 heavy (non-hydrogen) atoms. The van der Waals surface area contributed by atoms with Crippen LogP contribution in [0.25, 0.3) is 17.0 Å². The second-order valence-electron chi connectivity index (χ2n) is 12.5. The van der Waals surface area contributed by atoms with Crippen molar-refractivity contribution in [1.29, 1.82) is 5.26 Å². The monoisotopic (exact) mass is 597 g/mol. The predicted octanol–water partition coefficient (Wildman–Crippen LogP) is 7.42. The largest absolute Gasteiger partial charge is 0.380 e. The molecule has 0 radical (unpaired) electrons. The first-order valence-corrected chi connectivity index (χ1v) is 19.5. The van der Waals surface area contributed by atoms with Gasteiger partial charge in [0.05, 0.1) is 34.7 Å². The van der Waals surface area contributed by atoms with Crippen LogP contribution in [0.5, 0.6) is 0 Å². The number of rotatable bonds is 10. The van der Waals surface area contributed by atoms with Gasteiger partial charge in [-0.2, -0.15) is 5.26 Å². The molecule has 0 bridgehead atoms. The van der Waals surface area contributed by atoms with Crippen LogP contribution in [0, 0.1) is 25.2 Å². The Bertz CT molecular complexity index is 1800. The van der Waals surface area contributed by atoms with Crippen molar-refractivity contribution in [2.75, 3.05) is 13.2 Å².